The SMILES string of the molecule is CC(C)c1cccc(SNc2ccccc2F)c1. The maximum Gasteiger partial charge on any atom is 0.147 e. The highest BCUT2D eigenvalue weighted by Gasteiger charge is 2.03. The molecule has 0 spiro atoms. The fraction of sp³-hybridized carbons (Fsp3) is 0.200. The highest BCUT2D eigenvalue weighted by atomic mass is 32.2. The van der Waals surface area contributed by atoms with Crippen LogP contribution in [0.4, 0.5) is 10.1 Å². The second kappa shape index (κ2) is 5.91. The Kier molecular flexibility index (Phi) is 4.26. The van der Waals surface area contributed by atoms with E-state index in [2.05, 4.69) is 30.7 Å². The van der Waals surface area contributed by atoms with Gasteiger partial charge in [0, 0.05) is 4.90 Å². The lowest BCUT2D eigenvalue weighted by Crippen LogP contribution is -1.92. The second-order valence-corrected chi connectivity index (χ2v) is 5.29. The van der Waals surface area contributed by atoms with Crippen molar-refractivity contribution in [1.82, 2.24) is 0 Å². The lowest BCUT2D eigenvalue weighted by atomic mass is 10.0. The number of benzene rings is 2. The van der Waals surface area contributed by atoms with Crippen LogP contribution in [0.15, 0.2) is 53.4 Å². The molecule has 0 aliphatic heterocycles. The average Bonchev–Trinajstić information content (AvgIpc) is 2.38. The summed E-state index contributed by atoms with van der Waals surface area (Å²) < 4.78 is 16.5. The summed E-state index contributed by atoms with van der Waals surface area (Å²) in [5.74, 6) is 0.268. The van der Waals surface area contributed by atoms with E-state index in [0.717, 1.165) is 4.90 Å². The number of anilines is 1. The molecular formula is C15H16FNS. The van der Waals surface area contributed by atoms with Crippen molar-refractivity contribution in [3.8, 4) is 0 Å². The number of nitrogens with one attached hydrogen (secondary N) is 1. The van der Waals surface area contributed by atoms with E-state index in [0.29, 0.717) is 11.6 Å². The van der Waals surface area contributed by atoms with Crippen LogP contribution in [0.2, 0.25) is 0 Å². The second-order valence-electron chi connectivity index (χ2n) is 4.41. The van der Waals surface area contributed by atoms with E-state index in [1.54, 1.807) is 12.1 Å². The molecule has 0 aliphatic rings. The molecule has 0 unspecified atom stereocenters. The lowest BCUT2D eigenvalue weighted by molar-refractivity contribution is 0.632. The van der Waals surface area contributed by atoms with E-state index in [1.807, 2.05) is 18.2 Å². The minimum absolute atomic E-state index is 0.231. The standard InChI is InChI=1S/C15H16FNS/c1-11(2)12-6-5-7-13(10-12)18-17-15-9-4-3-8-14(15)16/h3-11,17H,1-2H3. The third-order valence-electron chi connectivity index (χ3n) is 2.68. The molecule has 0 bridgehead atoms. The molecule has 0 amide bonds. The van der Waals surface area contributed by atoms with Crippen LogP contribution < -0.4 is 4.72 Å². The van der Waals surface area contributed by atoms with Crippen LogP contribution in [0.1, 0.15) is 25.3 Å². The van der Waals surface area contributed by atoms with Gasteiger partial charge in [0.25, 0.3) is 0 Å². The number of halogens is 1. The quantitative estimate of drug-likeness (QED) is 0.771. The van der Waals surface area contributed by atoms with Crippen molar-refractivity contribution in [2.24, 2.45) is 0 Å². The molecule has 0 saturated carbocycles. The van der Waals surface area contributed by atoms with Crippen LogP contribution in [0.3, 0.4) is 0 Å². The first-order valence-corrected chi connectivity index (χ1v) is 6.76. The van der Waals surface area contributed by atoms with E-state index in [9.17, 15) is 4.39 Å². The molecule has 1 N–H and O–H groups in total. The third-order valence-corrected chi connectivity index (χ3v) is 3.49. The van der Waals surface area contributed by atoms with Gasteiger partial charge in [-0.15, -0.1) is 0 Å². The van der Waals surface area contributed by atoms with Gasteiger partial charge in [-0.2, -0.15) is 0 Å². The van der Waals surface area contributed by atoms with Gasteiger partial charge in [-0.05, 0) is 47.7 Å². The molecule has 0 heterocycles. The van der Waals surface area contributed by atoms with Gasteiger partial charge < -0.3 is 4.72 Å². The van der Waals surface area contributed by atoms with E-state index >= 15 is 0 Å². The van der Waals surface area contributed by atoms with Crippen molar-refractivity contribution in [3.63, 3.8) is 0 Å². The Balaban J connectivity index is 2.07. The fourth-order valence-electron chi connectivity index (χ4n) is 1.60. The van der Waals surface area contributed by atoms with Crippen molar-refractivity contribution in [1.29, 1.82) is 0 Å². The topological polar surface area (TPSA) is 12.0 Å². The maximum absolute atomic E-state index is 13.4. The predicted octanol–water partition coefficient (Wildman–Crippen LogP) is 5.07. The molecule has 1 nitrogen and oxygen atoms in total. The Hall–Kier alpha value is -1.48. The molecule has 0 aliphatic carbocycles. The van der Waals surface area contributed by atoms with E-state index < -0.39 is 0 Å². The Morgan fingerprint density at radius 1 is 1.06 bits per heavy atom. The summed E-state index contributed by atoms with van der Waals surface area (Å²) in [6, 6.07) is 15.0. The largest absolute Gasteiger partial charge is 0.323 e. The predicted molar refractivity (Wildman–Crippen MR) is 76.4 cm³/mol. The number of hydrogen-bond acceptors (Lipinski definition) is 2. The summed E-state index contributed by atoms with van der Waals surface area (Å²) in [4.78, 5) is 1.09. The average molecular weight is 261 g/mol. The Labute approximate surface area is 112 Å². The minimum atomic E-state index is -0.231. The molecule has 0 saturated heterocycles. The van der Waals surface area contributed by atoms with E-state index in [-0.39, 0.29) is 5.82 Å². The highest BCUT2D eigenvalue weighted by molar-refractivity contribution is 8.00. The van der Waals surface area contributed by atoms with Crippen molar-refractivity contribution in [3.05, 3.63) is 59.9 Å². The van der Waals surface area contributed by atoms with Crippen molar-refractivity contribution < 1.29 is 4.39 Å². The van der Waals surface area contributed by atoms with Gasteiger partial charge >= 0.3 is 0 Å². The van der Waals surface area contributed by atoms with Crippen LogP contribution in [0, 0.1) is 5.82 Å². The van der Waals surface area contributed by atoms with Crippen LogP contribution in [-0.2, 0) is 0 Å². The zero-order valence-electron chi connectivity index (χ0n) is 10.5. The van der Waals surface area contributed by atoms with Gasteiger partial charge in [-0.25, -0.2) is 4.39 Å². The summed E-state index contributed by atoms with van der Waals surface area (Å²) in [6.45, 7) is 4.32. The van der Waals surface area contributed by atoms with Gasteiger partial charge in [0.05, 0.1) is 5.69 Å². The van der Waals surface area contributed by atoms with Crippen LogP contribution >= 0.6 is 11.9 Å². The molecule has 0 radical (unpaired) electrons. The van der Waals surface area contributed by atoms with Gasteiger partial charge in [-0.1, -0.05) is 38.1 Å². The van der Waals surface area contributed by atoms with Crippen molar-refractivity contribution >= 4 is 17.6 Å². The summed E-state index contributed by atoms with van der Waals surface area (Å²) in [5.41, 5.74) is 1.80. The Morgan fingerprint density at radius 2 is 1.83 bits per heavy atom. The van der Waals surface area contributed by atoms with Crippen LogP contribution in [0.5, 0.6) is 0 Å². The minimum Gasteiger partial charge on any atom is -0.323 e. The van der Waals surface area contributed by atoms with Gasteiger partial charge in [0.15, 0.2) is 0 Å². The molecule has 3 heteroatoms. The normalized spacial score (nSPS) is 10.7. The highest BCUT2D eigenvalue weighted by Crippen LogP contribution is 2.25. The first-order valence-electron chi connectivity index (χ1n) is 5.94. The van der Waals surface area contributed by atoms with Crippen LogP contribution in [0.25, 0.3) is 0 Å². The smallest absolute Gasteiger partial charge is 0.147 e. The molecule has 0 atom stereocenters. The molecule has 18 heavy (non-hydrogen) atoms. The molecule has 0 fully saturated rings. The molecular weight excluding hydrogens is 245 g/mol. The molecule has 0 aromatic heterocycles. The summed E-state index contributed by atoms with van der Waals surface area (Å²) in [7, 11) is 0. The number of rotatable bonds is 4. The van der Waals surface area contributed by atoms with E-state index in [4.69, 9.17) is 0 Å². The molecule has 94 valence electrons. The van der Waals surface area contributed by atoms with Gasteiger partial charge in [0.2, 0.25) is 0 Å². The van der Waals surface area contributed by atoms with Crippen LogP contribution in [-0.4, -0.2) is 0 Å². The van der Waals surface area contributed by atoms with Gasteiger partial charge in [-0.3, -0.25) is 0 Å². The fourth-order valence-corrected chi connectivity index (χ4v) is 2.33. The first kappa shape index (κ1) is 13.0. The molecule has 2 rings (SSSR count). The van der Waals surface area contributed by atoms with Crippen molar-refractivity contribution in [2.75, 3.05) is 4.72 Å². The number of para-hydroxylation sites is 1. The number of hydrogen-bond donors (Lipinski definition) is 1. The zero-order chi connectivity index (χ0) is 13.0. The summed E-state index contributed by atoms with van der Waals surface area (Å²) in [6.07, 6.45) is 0. The maximum atomic E-state index is 13.4. The Morgan fingerprint density at radius 3 is 2.56 bits per heavy atom. The molecule has 2 aromatic carbocycles. The zero-order valence-corrected chi connectivity index (χ0v) is 11.3. The first-order chi connectivity index (χ1) is 8.66. The Bertz CT molecular complexity index is 525. The summed E-state index contributed by atoms with van der Waals surface area (Å²) >= 11 is 1.43. The molecule has 2 aromatic rings. The monoisotopic (exact) mass is 261 g/mol. The third kappa shape index (κ3) is 3.26. The summed E-state index contributed by atoms with van der Waals surface area (Å²) in [5, 5.41) is 0. The lowest BCUT2D eigenvalue weighted by Gasteiger charge is -2.09. The van der Waals surface area contributed by atoms with Gasteiger partial charge in [0.1, 0.15) is 5.82 Å². The van der Waals surface area contributed by atoms with Crippen molar-refractivity contribution in [2.45, 2.75) is 24.7 Å². The van der Waals surface area contributed by atoms with E-state index in [1.165, 1.54) is 23.6 Å².